The molecule has 0 aliphatic carbocycles. The molecule has 2 aromatic carbocycles. The number of rotatable bonds is 4. The Labute approximate surface area is 172 Å². The molecule has 1 aliphatic heterocycles. The summed E-state index contributed by atoms with van der Waals surface area (Å²) in [6.45, 7) is 4.77. The Balaban J connectivity index is 1.88. The third kappa shape index (κ3) is 4.59. The number of anilines is 2. The van der Waals surface area contributed by atoms with E-state index in [1.165, 1.54) is 7.11 Å². The lowest BCUT2D eigenvalue weighted by Gasteiger charge is -2.29. The average Bonchev–Trinajstić information content (AvgIpc) is 2.70. The Bertz CT molecular complexity index is 863. The van der Waals surface area contributed by atoms with Crippen molar-refractivity contribution >= 4 is 45.8 Å². The first kappa shape index (κ1) is 19.6. The number of nitrogens with zero attached hydrogens (tertiary/aromatic N) is 1. The van der Waals surface area contributed by atoms with E-state index in [1.807, 2.05) is 25.1 Å². The van der Waals surface area contributed by atoms with E-state index in [-0.39, 0.29) is 5.91 Å². The molecular weight excluding hydrogens is 459 g/mol. The van der Waals surface area contributed by atoms with Gasteiger partial charge in [-0.1, -0.05) is 0 Å². The molecule has 0 spiro atoms. The summed E-state index contributed by atoms with van der Waals surface area (Å²) in [5.41, 5.74) is 3.24. The summed E-state index contributed by atoms with van der Waals surface area (Å²) < 4.78 is 11.4. The summed E-state index contributed by atoms with van der Waals surface area (Å²) in [5.74, 6) is -0.752. The van der Waals surface area contributed by atoms with Gasteiger partial charge in [0.05, 0.1) is 31.6 Å². The van der Waals surface area contributed by atoms with Crippen molar-refractivity contribution in [1.29, 1.82) is 0 Å². The maximum Gasteiger partial charge on any atom is 0.340 e. The minimum atomic E-state index is -0.487. The number of nitrogens with one attached hydrogen (secondary N) is 1. The highest BCUT2D eigenvalue weighted by Gasteiger charge is 2.19. The largest absolute Gasteiger partial charge is 0.465 e. The standard InChI is InChI=1S/C20H21IN2O4/c1-13-11-14(3-5-17(13)21)19(24)22-18-6-4-15(12-16(18)20(25)26-2)23-7-9-27-10-8-23/h3-6,11-12H,7-10H2,1-2H3,(H,22,24). The molecule has 3 rings (SSSR count). The Morgan fingerprint density at radius 1 is 1.15 bits per heavy atom. The van der Waals surface area contributed by atoms with Gasteiger partial charge in [0.15, 0.2) is 0 Å². The van der Waals surface area contributed by atoms with E-state index in [4.69, 9.17) is 9.47 Å². The number of carbonyl (C=O) groups is 2. The highest BCUT2D eigenvalue weighted by Crippen LogP contribution is 2.26. The molecule has 1 fully saturated rings. The van der Waals surface area contributed by atoms with Gasteiger partial charge < -0.3 is 19.7 Å². The second-order valence-corrected chi connectivity index (χ2v) is 7.40. The maximum absolute atomic E-state index is 12.6. The van der Waals surface area contributed by atoms with E-state index in [0.717, 1.165) is 27.9 Å². The van der Waals surface area contributed by atoms with Crippen molar-refractivity contribution in [3.8, 4) is 0 Å². The van der Waals surface area contributed by atoms with Crippen molar-refractivity contribution in [2.75, 3.05) is 43.6 Å². The number of esters is 1. The lowest BCUT2D eigenvalue weighted by molar-refractivity contribution is 0.0602. The van der Waals surface area contributed by atoms with E-state index in [2.05, 4.69) is 32.8 Å². The van der Waals surface area contributed by atoms with Crippen LogP contribution in [0.2, 0.25) is 0 Å². The number of hydrogen-bond donors (Lipinski definition) is 1. The van der Waals surface area contributed by atoms with Crippen LogP contribution in [-0.4, -0.2) is 45.3 Å². The molecule has 1 N–H and O–H groups in total. The predicted octanol–water partition coefficient (Wildman–Crippen LogP) is 3.48. The highest BCUT2D eigenvalue weighted by atomic mass is 127. The number of halogens is 1. The van der Waals surface area contributed by atoms with E-state index < -0.39 is 5.97 Å². The molecule has 0 saturated carbocycles. The molecule has 0 atom stereocenters. The zero-order valence-electron chi connectivity index (χ0n) is 15.3. The minimum Gasteiger partial charge on any atom is -0.465 e. The number of benzene rings is 2. The van der Waals surface area contributed by atoms with Crippen LogP contribution in [-0.2, 0) is 9.47 Å². The predicted molar refractivity (Wildman–Crippen MR) is 113 cm³/mol. The van der Waals surface area contributed by atoms with Crippen molar-refractivity contribution in [1.82, 2.24) is 0 Å². The monoisotopic (exact) mass is 480 g/mol. The number of morpholine rings is 1. The van der Waals surface area contributed by atoms with Crippen LogP contribution in [0.25, 0.3) is 0 Å². The zero-order chi connectivity index (χ0) is 19.4. The van der Waals surface area contributed by atoms with Gasteiger partial charge in [-0.3, -0.25) is 4.79 Å². The molecule has 0 unspecified atom stereocenters. The fraction of sp³-hybridized carbons (Fsp3) is 0.300. The Hall–Kier alpha value is -2.13. The van der Waals surface area contributed by atoms with Crippen LogP contribution < -0.4 is 10.2 Å². The Kier molecular flexibility index (Phi) is 6.33. The van der Waals surface area contributed by atoms with Crippen LogP contribution in [0.15, 0.2) is 36.4 Å². The number of methoxy groups -OCH3 is 1. The summed E-state index contributed by atoms with van der Waals surface area (Å²) in [6, 6.07) is 10.9. The van der Waals surface area contributed by atoms with E-state index in [9.17, 15) is 9.59 Å². The normalized spacial score (nSPS) is 14.0. The number of aryl methyl sites for hydroxylation is 1. The zero-order valence-corrected chi connectivity index (χ0v) is 17.4. The molecule has 142 valence electrons. The smallest absolute Gasteiger partial charge is 0.340 e. The molecule has 1 saturated heterocycles. The first-order chi connectivity index (χ1) is 13.0. The van der Waals surface area contributed by atoms with Crippen molar-refractivity contribution in [2.45, 2.75) is 6.92 Å². The van der Waals surface area contributed by atoms with Crippen LogP contribution in [0, 0.1) is 10.5 Å². The maximum atomic E-state index is 12.6. The number of hydrogen-bond acceptors (Lipinski definition) is 5. The van der Waals surface area contributed by atoms with Crippen molar-refractivity contribution in [3.05, 3.63) is 56.7 Å². The van der Waals surface area contributed by atoms with Gasteiger partial charge in [0.25, 0.3) is 5.91 Å². The molecule has 27 heavy (non-hydrogen) atoms. The van der Waals surface area contributed by atoms with Crippen LogP contribution in [0.4, 0.5) is 11.4 Å². The first-order valence-corrected chi connectivity index (χ1v) is 9.70. The lowest BCUT2D eigenvalue weighted by Crippen LogP contribution is -2.36. The van der Waals surface area contributed by atoms with Gasteiger partial charge in [0.2, 0.25) is 0 Å². The Morgan fingerprint density at radius 3 is 2.56 bits per heavy atom. The van der Waals surface area contributed by atoms with Crippen molar-refractivity contribution < 1.29 is 19.1 Å². The highest BCUT2D eigenvalue weighted by molar-refractivity contribution is 14.1. The van der Waals surface area contributed by atoms with E-state index in [1.54, 1.807) is 18.2 Å². The molecular formula is C20H21IN2O4. The van der Waals surface area contributed by atoms with Gasteiger partial charge in [-0.25, -0.2) is 4.79 Å². The topological polar surface area (TPSA) is 67.9 Å². The molecule has 7 heteroatoms. The van der Waals surface area contributed by atoms with Gasteiger partial charge in [-0.2, -0.15) is 0 Å². The van der Waals surface area contributed by atoms with Gasteiger partial charge in [0.1, 0.15) is 0 Å². The third-order valence-electron chi connectivity index (χ3n) is 4.45. The van der Waals surface area contributed by atoms with Crippen LogP contribution in [0.1, 0.15) is 26.3 Å². The number of ether oxygens (including phenoxy) is 2. The summed E-state index contributed by atoms with van der Waals surface area (Å²) in [4.78, 5) is 27.0. The first-order valence-electron chi connectivity index (χ1n) is 8.62. The van der Waals surface area contributed by atoms with Gasteiger partial charge >= 0.3 is 5.97 Å². The van der Waals surface area contributed by atoms with E-state index >= 15 is 0 Å². The van der Waals surface area contributed by atoms with Crippen LogP contribution >= 0.6 is 22.6 Å². The number of amides is 1. The molecule has 1 aliphatic rings. The van der Waals surface area contributed by atoms with Gasteiger partial charge in [-0.15, -0.1) is 0 Å². The van der Waals surface area contributed by atoms with Crippen molar-refractivity contribution in [3.63, 3.8) is 0 Å². The number of carbonyl (C=O) groups excluding carboxylic acids is 2. The molecule has 6 nitrogen and oxygen atoms in total. The summed E-state index contributed by atoms with van der Waals surface area (Å²) >= 11 is 2.23. The summed E-state index contributed by atoms with van der Waals surface area (Å²) in [6.07, 6.45) is 0. The summed E-state index contributed by atoms with van der Waals surface area (Å²) in [5, 5.41) is 2.83. The third-order valence-corrected chi connectivity index (χ3v) is 5.66. The minimum absolute atomic E-state index is 0.265. The second-order valence-electron chi connectivity index (χ2n) is 6.24. The Morgan fingerprint density at radius 2 is 1.89 bits per heavy atom. The lowest BCUT2D eigenvalue weighted by atomic mass is 10.1. The van der Waals surface area contributed by atoms with Gasteiger partial charge in [0, 0.05) is 27.9 Å². The SMILES string of the molecule is COC(=O)c1cc(N2CCOCC2)ccc1NC(=O)c1ccc(I)c(C)c1. The molecule has 1 heterocycles. The average molecular weight is 480 g/mol. The van der Waals surface area contributed by atoms with Gasteiger partial charge in [-0.05, 0) is 71.5 Å². The van der Waals surface area contributed by atoms with Crippen LogP contribution in [0.3, 0.4) is 0 Å². The fourth-order valence-electron chi connectivity index (χ4n) is 2.92. The van der Waals surface area contributed by atoms with Crippen molar-refractivity contribution in [2.24, 2.45) is 0 Å². The molecule has 1 amide bonds. The molecule has 0 radical (unpaired) electrons. The second kappa shape index (κ2) is 8.71. The van der Waals surface area contributed by atoms with E-state index in [0.29, 0.717) is 30.0 Å². The molecule has 0 aromatic heterocycles. The van der Waals surface area contributed by atoms with Crippen LogP contribution in [0.5, 0.6) is 0 Å². The fourth-order valence-corrected chi connectivity index (χ4v) is 3.25. The molecule has 0 bridgehead atoms. The summed E-state index contributed by atoms with van der Waals surface area (Å²) in [7, 11) is 1.33. The molecule has 2 aromatic rings. The quantitative estimate of drug-likeness (QED) is 0.537.